The highest BCUT2D eigenvalue weighted by Crippen LogP contribution is 2.47. The van der Waals surface area contributed by atoms with Crippen molar-refractivity contribution in [2.45, 2.75) is 19.3 Å². The molecule has 1 aliphatic heterocycles. The topological polar surface area (TPSA) is 51.3 Å². The maximum Gasteiger partial charge on any atom is 0.312 e. The van der Waals surface area contributed by atoms with Crippen molar-refractivity contribution in [1.82, 2.24) is 4.98 Å². The first kappa shape index (κ1) is 11.2. The molecule has 0 spiro atoms. The minimum absolute atomic E-state index is 0.203. The number of nitrogens with one attached hydrogen (secondary N) is 1. The summed E-state index contributed by atoms with van der Waals surface area (Å²) in [5.41, 5.74) is 0.156. The summed E-state index contributed by atoms with van der Waals surface area (Å²) in [5.74, 6) is -0.203. The molecule has 0 bridgehead atoms. The summed E-state index contributed by atoms with van der Waals surface area (Å²) in [4.78, 5) is 15.1. The molecular formula is C12H17NO3. The highest BCUT2D eigenvalue weighted by molar-refractivity contribution is 5.78. The molecule has 88 valence electrons. The lowest BCUT2D eigenvalue weighted by molar-refractivity contribution is -0.175. The molecule has 0 saturated carbocycles. The molecule has 1 N–H and O–H groups in total. The molecule has 1 aromatic rings. The van der Waals surface area contributed by atoms with Gasteiger partial charge in [-0.3, -0.25) is 4.79 Å². The number of aromatic nitrogens is 1. The van der Waals surface area contributed by atoms with Crippen molar-refractivity contribution in [3.05, 3.63) is 24.0 Å². The van der Waals surface area contributed by atoms with Crippen molar-refractivity contribution < 1.29 is 14.3 Å². The smallest absolute Gasteiger partial charge is 0.312 e. The van der Waals surface area contributed by atoms with E-state index in [9.17, 15) is 4.79 Å². The van der Waals surface area contributed by atoms with E-state index in [1.807, 2.05) is 32.2 Å². The molecule has 0 amide bonds. The molecule has 4 heteroatoms. The molecular weight excluding hydrogens is 206 g/mol. The van der Waals surface area contributed by atoms with Crippen molar-refractivity contribution in [2.75, 3.05) is 20.3 Å². The normalized spacial score (nSPS) is 18.9. The second-order valence-corrected chi connectivity index (χ2v) is 4.78. The minimum atomic E-state index is -0.592. The number of carbonyl (C=O) groups excluding carboxylic acids is 1. The first-order valence-electron chi connectivity index (χ1n) is 5.34. The number of methoxy groups -OCH3 is 1. The molecule has 1 fully saturated rings. The van der Waals surface area contributed by atoms with Crippen molar-refractivity contribution in [1.29, 1.82) is 0 Å². The Kier molecular flexibility index (Phi) is 2.54. The van der Waals surface area contributed by atoms with E-state index in [2.05, 4.69) is 4.98 Å². The standard InChI is InChI=1S/C12H17NO3/c1-11(2,10(14)15-3)12(7-16-8-12)9-5-4-6-13-9/h4-6,13H,7-8H2,1-3H3. The van der Waals surface area contributed by atoms with Crippen LogP contribution in [0.4, 0.5) is 0 Å². The third kappa shape index (κ3) is 1.29. The summed E-state index contributed by atoms with van der Waals surface area (Å²) in [6.07, 6.45) is 1.86. The van der Waals surface area contributed by atoms with Crippen LogP contribution < -0.4 is 0 Å². The zero-order valence-corrected chi connectivity index (χ0v) is 9.87. The number of ether oxygens (including phenoxy) is 2. The van der Waals surface area contributed by atoms with Gasteiger partial charge in [-0.05, 0) is 26.0 Å². The van der Waals surface area contributed by atoms with Crippen LogP contribution in [0, 0.1) is 5.41 Å². The molecule has 4 nitrogen and oxygen atoms in total. The van der Waals surface area contributed by atoms with E-state index in [0.29, 0.717) is 13.2 Å². The summed E-state index contributed by atoms with van der Waals surface area (Å²) in [6.45, 7) is 4.91. The zero-order chi connectivity index (χ0) is 11.8. The molecule has 0 aliphatic carbocycles. The van der Waals surface area contributed by atoms with Crippen LogP contribution in [0.2, 0.25) is 0 Å². The fourth-order valence-electron chi connectivity index (χ4n) is 2.24. The van der Waals surface area contributed by atoms with Crippen LogP contribution in [0.15, 0.2) is 18.3 Å². The van der Waals surface area contributed by atoms with Crippen molar-refractivity contribution in [2.24, 2.45) is 5.41 Å². The van der Waals surface area contributed by atoms with E-state index < -0.39 is 5.41 Å². The summed E-state index contributed by atoms with van der Waals surface area (Å²) < 4.78 is 10.2. The molecule has 2 rings (SSSR count). The number of H-pyrrole nitrogens is 1. The maximum absolute atomic E-state index is 11.9. The number of hydrogen-bond acceptors (Lipinski definition) is 3. The van der Waals surface area contributed by atoms with Crippen LogP contribution in [0.25, 0.3) is 0 Å². The van der Waals surface area contributed by atoms with Crippen LogP contribution in [0.5, 0.6) is 0 Å². The first-order chi connectivity index (χ1) is 7.54. The van der Waals surface area contributed by atoms with Gasteiger partial charge in [0.05, 0.1) is 31.2 Å². The second kappa shape index (κ2) is 3.63. The Bertz CT molecular complexity index is 377. The molecule has 1 aromatic heterocycles. The van der Waals surface area contributed by atoms with Gasteiger partial charge in [-0.2, -0.15) is 0 Å². The van der Waals surface area contributed by atoms with E-state index in [1.54, 1.807) is 0 Å². The lowest BCUT2D eigenvalue weighted by Gasteiger charge is -2.50. The van der Waals surface area contributed by atoms with Gasteiger partial charge in [0, 0.05) is 11.9 Å². The lowest BCUT2D eigenvalue weighted by Crippen LogP contribution is -2.60. The zero-order valence-electron chi connectivity index (χ0n) is 9.87. The Morgan fingerprint density at radius 1 is 1.56 bits per heavy atom. The van der Waals surface area contributed by atoms with Crippen LogP contribution in [-0.4, -0.2) is 31.3 Å². The van der Waals surface area contributed by atoms with Gasteiger partial charge in [0.25, 0.3) is 0 Å². The van der Waals surface area contributed by atoms with Gasteiger partial charge in [0.15, 0.2) is 0 Å². The van der Waals surface area contributed by atoms with Gasteiger partial charge in [-0.25, -0.2) is 0 Å². The van der Waals surface area contributed by atoms with Crippen LogP contribution in [0.1, 0.15) is 19.5 Å². The molecule has 0 aromatic carbocycles. The fourth-order valence-corrected chi connectivity index (χ4v) is 2.24. The number of rotatable bonds is 3. The van der Waals surface area contributed by atoms with Crippen LogP contribution in [0.3, 0.4) is 0 Å². The van der Waals surface area contributed by atoms with Gasteiger partial charge >= 0.3 is 5.97 Å². The molecule has 0 radical (unpaired) electrons. The van der Waals surface area contributed by atoms with Gasteiger partial charge in [-0.1, -0.05) is 0 Å². The largest absolute Gasteiger partial charge is 0.469 e. The molecule has 16 heavy (non-hydrogen) atoms. The SMILES string of the molecule is COC(=O)C(C)(C)C1(c2ccc[nH]2)COC1. The average Bonchev–Trinajstić information content (AvgIpc) is 2.67. The Morgan fingerprint density at radius 3 is 2.62 bits per heavy atom. The Morgan fingerprint density at radius 2 is 2.25 bits per heavy atom. The number of hydrogen-bond donors (Lipinski definition) is 1. The highest BCUT2D eigenvalue weighted by Gasteiger charge is 2.57. The second-order valence-electron chi connectivity index (χ2n) is 4.78. The van der Waals surface area contributed by atoms with Gasteiger partial charge in [-0.15, -0.1) is 0 Å². The fraction of sp³-hybridized carbons (Fsp3) is 0.583. The minimum Gasteiger partial charge on any atom is -0.469 e. The van der Waals surface area contributed by atoms with E-state index in [1.165, 1.54) is 7.11 Å². The highest BCUT2D eigenvalue weighted by atomic mass is 16.5. The van der Waals surface area contributed by atoms with Crippen LogP contribution >= 0.6 is 0 Å². The van der Waals surface area contributed by atoms with Crippen molar-refractivity contribution >= 4 is 5.97 Å². The molecule has 2 heterocycles. The van der Waals surface area contributed by atoms with E-state index in [-0.39, 0.29) is 11.4 Å². The van der Waals surface area contributed by atoms with Crippen molar-refractivity contribution in [3.8, 4) is 0 Å². The quantitative estimate of drug-likeness (QED) is 0.790. The summed E-state index contributed by atoms with van der Waals surface area (Å²) in [5, 5.41) is 0. The monoisotopic (exact) mass is 223 g/mol. The number of esters is 1. The molecule has 1 aliphatic rings. The predicted molar refractivity (Wildman–Crippen MR) is 59.1 cm³/mol. The Balaban J connectivity index is 2.39. The van der Waals surface area contributed by atoms with Gasteiger partial charge in [0.2, 0.25) is 0 Å². The first-order valence-corrected chi connectivity index (χ1v) is 5.34. The summed E-state index contributed by atoms with van der Waals surface area (Å²) in [7, 11) is 1.42. The summed E-state index contributed by atoms with van der Waals surface area (Å²) in [6, 6.07) is 3.93. The van der Waals surface area contributed by atoms with E-state index in [0.717, 1.165) is 5.69 Å². The maximum atomic E-state index is 11.9. The average molecular weight is 223 g/mol. The van der Waals surface area contributed by atoms with E-state index >= 15 is 0 Å². The van der Waals surface area contributed by atoms with Crippen LogP contribution in [-0.2, 0) is 19.7 Å². The molecule has 0 atom stereocenters. The molecule has 0 unspecified atom stereocenters. The van der Waals surface area contributed by atoms with E-state index in [4.69, 9.17) is 9.47 Å². The summed E-state index contributed by atoms with van der Waals surface area (Å²) >= 11 is 0. The lowest BCUT2D eigenvalue weighted by atomic mass is 9.62. The Labute approximate surface area is 94.9 Å². The number of carbonyl (C=O) groups is 1. The third-order valence-corrected chi connectivity index (χ3v) is 3.70. The van der Waals surface area contributed by atoms with Crippen molar-refractivity contribution in [3.63, 3.8) is 0 Å². The Hall–Kier alpha value is -1.29. The van der Waals surface area contributed by atoms with Gasteiger partial charge in [0.1, 0.15) is 0 Å². The van der Waals surface area contributed by atoms with Gasteiger partial charge < -0.3 is 14.5 Å². The third-order valence-electron chi connectivity index (χ3n) is 3.70. The molecule has 1 saturated heterocycles. The number of aromatic amines is 1. The predicted octanol–water partition coefficient (Wildman–Crippen LogP) is 1.48.